The van der Waals surface area contributed by atoms with Gasteiger partial charge in [-0.05, 0) is 43.3 Å². The van der Waals surface area contributed by atoms with Gasteiger partial charge in [0, 0.05) is 23.6 Å². The van der Waals surface area contributed by atoms with Crippen molar-refractivity contribution in [2.24, 2.45) is 0 Å². The van der Waals surface area contributed by atoms with Gasteiger partial charge in [0.15, 0.2) is 17.5 Å². The molecule has 0 aliphatic rings. The summed E-state index contributed by atoms with van der Waals surface area (Å²) in [4.78, 5) is 8.46. The van der Waals surface area contributed by atoms with Gasteiger partial charge in [-0.15, -0.1) is 0 Å². The second kappa shape index (κ2) is 5.94. The van der Waals surface area contributed by atoms with Crippen LogP contribution in [0.25, 0.3) is 28.5 Å². The first-order chi connectivity index (χ1) is 12.1. The number of aromatic nitrogens is 5. The number of nitrogens with zero attached hydrogens (tertiary/aromatic N) is 4. The molecular formula is C18H13F2N5. The third-order valence-electron chi connectivity index (χ3n) is 3.83. The van der Waals surface area contributed by atoms with Crippen LogP contribution in [0.15, 0.2) is 54.9 Å². The van der Waals surface area contributed by atoms with E-state index in [9.17, 15) is 8.78 Å². The summed E-state index contributed by atoms with van der Waals surface area (Å²) >= 11 is 0. The van der Waals surface area contributed by atoms with Crippen molar-refractivity contribution in [3.63, 3.8) is 0 Å². The summed E-state index contributed by atoms with van der Waals surface area (Å²) in [6.07, 6.45) is 3.25. The number of aryl methyl sites for hydroxylation is 1. The fourth-order valence-electron chi connectivity index (χ4n) is 2.63. The number of benzene rings is 2. The van der Waals surface area contributed by atoms with Crippen LogP contribution >= 0.6 is 0 Å². The Morgan fingerprint density at radius 3 is 2.56 bits per heavy atom. The van der Waals surface area contributed by atoms with E-state index >= 15 is 0 Å². The van der Waals surface area contributed by atoms with E-state index in [1.165, 1.54) is 12.1 Å². The molecule has 0 fully saturated rings. The van der Waals surface area contributed by atoms with Crippen LogP contribution in [-0.4, -0.2) is 24.7 Å². The molecule has 5 nitrogen and oxygen atoms in total. The van der Waals surface area contributed by atoms with Crippen molar-refractivity contribution in [3.05, 3.63) is 72.3 Å². The first-order valence-electron chi connectivity index (χ1n) is 7.61. The molecule has 124 valence electrons. The number of hydrogen-bond acceptors (Lipinski definition) is 3. The van der Waals surface area contributed by atoms with Crippen molar-refractivity contribution >= 4 is 0 Å². The number of nitrogens with one attached hydrogen (secondary N) is 1. The van der Waals surface area contributed by atoms with Crippen molar-refractivity contribution in [1.29, 1.82) is 0 Å². The Hall–Kier alpha value is -3.35. The average molecular weight is 337 g/mol. The van der Waals surface area contributed by atoms with E-state index in [4.69, 9.17) is 0 Å². The highest BCUT2D eigenvalue weighted by Crippen LogP contribution is 2.26. The summed E-state index contributed by atoms with van der Waals surface area (Å²) < 4.78 is 29.3. The van der Waals surface area contributed by atoms with Crippen molar-refractivity contribution in [2.45, 2.75) is 6.92 Å². The smallest absolute Gasteiger partial charge is 0.181 e. The Kier molecular flexibility index (Phi) is 3.61. The van der Waals surface area contributed by atoms with E-state index < -0.39 is 11.6 Å². The molecule has 4 aromatic rings. The highest BCUT2D eigenvalue weighted by Gasteiger charge is 2.15. The van der Waals surface area contributed by atoms with Gasteiger partial charge < -0.3 is 0 Å². The molecule has 2 heterocycles. The number of halogens is 2. The van der Waals surface area contributed by atoms with Gasteiger partial charge >= 0.3 is 0 Å². The fraction of sp³-hybridized carbons (Fsp3) is 0.0556. The maximum atomic E-state index is 14.1. The number of rotatable bonds is 3. The van der Waals surface area contributed by atoms with Crippen LogP contribution in [0.5, 0.6) is 0 Å². The largest absolute Gasteiger partial charge is 0.300 e. The van der Waals surface area contributed by atoms with Gasteiger partial charge in [-0.2, -0.15) is 5.10 Å². The molecule has 1 N–H and O–H groups in total. The predicted octanol–water partition coefficient (Wildman–Crippen LogP) is 3.91. The van der Waals surface area contributed by atoms with Crippen LogP contribution in [0.2, 0.25) is 0 Å². The number of aromatic amines is 1. The topological polar surface area (TPSA) is 59.4 Å². The second-order valence-electron chi connectivity index (χ2n) is 5.51. The minimum atomic E-state index is -0.914. The first kappa shape index (κ1) is 15.2. The Morgan fingerprint density at radius 2 is 1.84 bits per heavy atom. The summed E-state index contributed by atoms with van der Waals surface area (Å²) in [6, 6.07) is 11.5. The van der Waals surface area contributed by atoms with E-state index in [1.807, 2.05) is 31.2 Å². The predicted molar refractivity (Wildman–Crippen MR) is 89.0 cm³/mol. The van der Waals surface area contributed by atoms with Crippen LogP contribution in [0.1, 0.15) is 5.82 Å². The normalized spacial score (nSPS) is 11.0. The highest BCUT2D eigenvalue weighted by molar-refractivity contribution is 5.62. The monoisotopic (exact) mass is 337 g/mol. The van der Waals surface area contributed by atoms with Crippen LogP contribution in [0.4, 0.5) is 8.78 Å². The minimum absolute atomic E-state index is 0.110. The summed E-state index contributed by atoms with van der Waals surface area (Å²) in [5.74, 6) is -0.146. The lowest BCUT2D eigenvalue weighted by Crippen LogP contribution is -1.99. The standard InChI is InChI=1S/C18H13F2N5/c1-11-22-17(24-23-11)12-5-7-13(8-6-12)25-10-9-21-18(25)14-3-2-4-15(19)16(14)20/h2-10H,1H3,(H,22,23,24). The molecule has 0 spiro atoms. The second-order valence-corrected chi connectivity index (χ2v) is 5.51. The molecule has 0 aliphatic carbocycles. The van der Waals surface area contributed by atoms with E-state index in [0.29, 0.717) is 11.6 Å². The van der Waals surface area contributed by atoms with Crippen molar-refractivity contribution in [3.8, 4) is 28.5 Å². The Bertz CT molecular complexity index is 1030. The van der Waals surface area contributed by atoms with E-state index in [1.54, 1.807) is 17.0 Å². The molecule has 0 saturated heterocycles. The lowest BCUT2D eigenvalue weighted by atomic mass is 10.1. The van der Waals surface area contributed by atoms with Crippen LogP contribution < -0.4 is 0 Å². The molecule has 25 heavy (non-hydrogen) atoms. The van der Waals surface area contributed by atoms with Gasteiger partial charge in [0.25, 0.3) is 0 Å². The van der Waals surface area contributed by atoms with Gasteiger partial charge in [0.2, 0.25) is 0 Å². The summed E-state index contributed by atoms with van der Waals surface area (Å²) in [6.45, 7) is 1.83. The number of H-pyrrole nitrogens is 1. The zero-order chi connectivity index (χ0) is 17.4. The van der Waals surface area contributed by atoms with Crippen LogP contribution in [-0.2, 0) is 0 Å². The summed E-state index contributed by atoms with van der Waals surface area (Å²) in [5.41, 5.74) is 1.73. The fourth-order valence-corrected chi connectivity index (χ4v) is 2.63. The minimum Gasteiger partial charge on any atom is -0.300 e. The van der Waals surface area contributed by atoms with Gasteiger partial charge in [0.05, 0.1) is 5.56 Å². The quantitative estimate of drug-likeness (QED) is 0.616. The highest BCUT2D eigenvalue weighted by atomic mass is 19.2. The molecule has 0 atom stereocenters. The zero-order valence-electron chi connectivity index (χ0n) is 13.2. The van der Waals surface area contributed by atoms with Crippen LogP contribution in [0.3, 0.4) is 0 Å². The summed E-state index contributed by atoms with van der Waals surface area (Å²) in [5, 5.41) is 6.92. The molecule has 4 rings (SSSR count). The molecule has 0 aliphatic heterocycles. The van der Waals surface area contributed by atoms with Crippen molar-refractivity contribution in [1.82, 2.24) is 24.7 Å². The van der Waals surface area contributed by atoms with E-state index in [0.717, 1.165) is 23.1 Å². The Morgan fingerprint density at radius 1 is 1.04 bits per heavy atom. The zero-order valence-corrected chi connectivity index (χ0v) is 13.2. The van der Waals surface area contributed by atoms with Gasteiger partial charge in [-0.3, -0.25) is 9.67 Å². The average Bonchev–Trinajstić information content (AvgIpc) is 3.27. The maximum Gasteiger partial charge on any atom is 0.181 e. The van der Waals surface area contributed by atoms with Gasteiger partial charge in [0.1, 0.15) is 11.6 Å². The van der Waals surface area contributed by atoms with Gasteiger partial charge in [-0.1, -0.05) is 6.07 Å². The van der Waals surface area contributed by atoms with E-state index in [2.05, 4.69) is 20.2 Å². The van der Waals surface area contributed by atoms with Gasteiger partial charge in [-0.25, -0.2) is 18.7 Å². The Labute approximate surface area is 142 Å². The molecular weight excluding hydrogens is 324 g/mol. The third kappa shape index (κ3) is 2.69. The molecule has 0 radical (unpaired) electrons. The van der Waals surface area contributed by atoms with E-state index in [-0.39, 0.29) is 5.56 Å². The lowest BCUT2D eigenvalue weighted by molar-refractivity contribution is 0.510. The first-order valence-corrected chi connectivity index (χ1v) is 7.61. The molecule has 0 amide bonds. The number of imidazole rings is 1. The Balaban J connectivity index is 1.74. The summed E-state index contributed by atoms with van der Waals surface area (Å²) in [7, 11) is 0. The van der Waals surface area contributed by atoms with Crippen molar-refractivity contribution < 1.29 is 8.78 Å². The molecule has 0 unspecified atom stereocenters. The van der Waals surface area contributed by atoms with Crippen molar-refractivity contribution in [2.75, 3.05) is 0 Å². The number of hydrogen-bond donors (Lipinski definition) is 1. The molecule has 2 aromatic heterocycles. The molecule has 0 bridgehead atoms. The molecule has 0 saturated carbocycles. The molecule has 2 aromatic carbocycles. The maximum absolute atomic E-state index is 14.1. The third-order valence-corrected chi connectivity index (χ3v) is 3.83. The SMILES string of the molecule is Cc1nc(-c2ccc(-n3ccnc3-c3cccc(F)c3F)cc2)n[nH]1. The van der Waals surface area contributed by atoms with Crippen LogP contribution in [0, 0.1) is 18.6 Å². The molecule has 7 heteroatoms. The lowest BCUT2D eigenvalue weighted by Gasteiger charge is -2.09.